The molecule has 0 unspecified atom stereocenters. The van der Waals surface area contributed by atoms with E-state index in [1.807, 2.05) is 35.2 Å². The normalized spacial score (nSPS) is 22.0. The quantitative estimate of drug-likeness (QED) is 0.805. The zero-order valence-electron chi connectivity index (χ0n) is 16.2. The summed E-state index contributed by atoms with van der Waals surface area (Å²) in [4.78, 5) is 30.5. The van der Waals surface area contributed by atoms with E-state index in [2.05, 4.69) is 6.07 Å². The highest BCUT2D eigenvalue weighted by Gasteiger charge is 2.39. The van der Waals surface area contributed by atoms with Gasteiger partial charge in [0.2, 0.25) is 5.91 Å². The van der Waals surface area contributed by atoms with Crippen molar-refractivity contribution in [1.29, 1.82) is 5.26 Å². The van der Waals surface area contributed by atoms with Crippen molar-refractivity contribution in [3.63, 3.8) is 0 Å². The minimum atomic E-state index is -0.502. The summed E-state index contributed by atoms with van der Waals surface area (Å²) in [5, 5.41) is 9.81. The first kappa shape index (κ1) is 19.2. The van der Waals surface area contributed by atoms with Crippen LogP contribution >= 0.6 is 0 Å². The summed E-state index contributed by atoms with van der Waals surface area (Å²) in [5.74, 6) is -0.000168. The average molecular weight is 368 g/mol. The molecule has 3 amide bonds. The van der Waals surface area contributed by atoms with Crippen LogP contribution in [0.5, 0.6) is 0 Å². The molecule has 0 bridgehead atoms. The minimum Gasteiger partial charge on any atom is -0.342 e. The van der Waals surface area contributed by atoms with E-state index in [0.717, 1.165) is 18.4 Å². The van der Waals surface area contributed by atoms with Gasteiger partial charge in [-0.3, -0.25) is 4.79 Å². The average Bonchev–Trinajstić information content (AvgIpc) is 2.73. The van der Waals surface area contributed by atoms with Crippen LogP contribution in [0.15, 0.2) is 30.3 Å². The van der Waals surface area contributed by atoms with E-state index in [4.69, 9.17) is 0 Å². The molecule has 0 aliphatic carbocycles. The minimum absolute atomic E-state index is 0.0290. The highest BCUT2D eigenvalue weighted by molar-refractivity contribution is 5.81. The van der Waals surface area contributed by atoms with Gasteiger partial charge in [0, 0.05) is 40.3 Å². The lowest BCUT2D eigenvalue weighted by atomic mass is 9.74. The predicted octanol–water partition coefficient (Wildman–Crippen LogP) is 2.46. The maximum absolute atomic E-state index is 13.0. The monoisotopic (exact) mass is 368 g/mol. The zero-order valence-corrected chi connectivity index (χ0v) is 16.2. The van der Waals surface area contributed by atoms with Gasteiger partial charge >= 0.3 is 6.03 Å². The summed E-state index contributed by atoms with van der Waals surface area (Å²) in [5.41, 5.74) is 0.539. The van der Waals surface area contributed by atoms with Crippen LogP contribution in [0.25, 0.3) is 0 Å². The van der Waals surface area contributed by atoms with Crippen molar-refractivity contribution < 1.29 is 9.59 Å². The van der Waals surface area contributed by atoms with Gasteiger partial charge in [0.25, 0.3) is 0 Å². The Hall–Kier alpha value is -2.55. The van der Waals surface area contributed by atoms with E-state index in [-0.39, 0.29) is 17.9 Å². The number of nitrogens with zero attached hydrogens (tertiary/aromatic N) is 4. The van der Waals surface area contributed by atoms with Crippen molar-refractivity contribution in [3.05, 3.63) is 35.9 Å². The Kier molecular flexibility index (Phi) is 5.69. The Morgan fingerprint density at radius 1 is 1.11 bits per heavy atom. The third-order valence-electron chi connectivity index (χ3n) is 5.89. The van der Waals surface area contributed by atoms with E-state index >= 15 is 0 Å². The highest BCUT2D eigenvalue weighted by Crippen LogP contribution is 2.35. The van der Waals surface area contributed by atoms with Crippen molar-refractivity contribution >= 4 is 11.9 Å². The molecule has 144 valence electrons. The molecule has 1 atom stereocenters. The molecular weight excluding hydrogens is 340 g/mol. The number of benzene rings is 1. The lowest BCUT2D eigenvalue weighted by Gasteiger charge is -2.41. The Labute approximate surface area is 161 Å². The number of piperidine rings is 2. The number of amides is 3. The molecule has 0 radical (unpaired) electrons. The molecule has 2 aliphatic heterocycles. The molecule has 27 heavy (non-hydrogen) atoms. The number of hydrogen-bond donors (Lipinski definition) is 0. The lowest BCUT2D eigenvalue weighted by molar-refractivity contribution is -0.138. The van der Waals surface area contributed by atoms with Crippen molar-refractivity contribution in [2.75, 3.05) is 40.3 Å². The molecule has 2 saturated heterocycles. The zero-order chi connectivity index (χ0) is 19.4. The van der Waals surface area contributed by atoms with Gasteiger partial charge in [0.15, 0.2) is 0 Å². The van der Waals surface area contributed by atoms with Crippen LogP contribution in [0.2, 0.25) is 0 Å². The smallest absolute Gasteiger partial charge is 0.319 e. The SMILES string of the molecule is CN(C)C(=O)N1CCC[C@H](C(=O)N2CCC(C#N)(c3ccccc3)CC2)C1. The molecule has 0 saturated carbocycles. The van der Waals surface area contributed by atoms with Gasteiger partial charge < -0.3 is 14.7 Å². The van der Waals surface area contributed by atoms with Crippen molar-refractivity contribution in [1.82, 2.24) is 14.7 Å². The predicted molar refractivity (Wildman–Crippen MR) is 103 cm³/mol. The number of carbonyl (C=O) groups is 2. The molecule has 0 N–H and O–H groups in total. The third-order valence-corrected chi connectivity index (χ3v) is 5.89. The number of rotatable bonds is 2. The van der Waals surface area contributed by atoms with Gasteiger partial charge in [0.05, 0.1) is 17.4 Å². The molecule has 6 nitrogen and oxygen atoms in total. The molecule has 2 fully saturated rings. The number of urea groups is 1. The molecular formula is C21H28N4O2. The van der Waals surface area contributed by atoms with E-state index < -0.39 is 5.41 Å². The summed E-state index contributed by atoms with van der Waals surface area (Å²) in [7, 11) is 3.48. The maximum Gasteiger partial charge on any atom is 0.319 e. The number of likely N-dealkylation sites (tertiary alicyclic amines) is 2. The van der Waals surface area contributed by atoms with Gasteiger partial charge in [0.1, 0.15) is 0 Å². The van der Waals surface area contributed by atoms with Gasteiger partial charge in [-0.05, 0) is 31.2 Å². The summed E-state index contributed by atoms with van der Waals surface area (Å²) < 4.78 is 0. The molecule has 2 heterocycles. The first-order valence-corrected chi connectivity index (χ1v) is 9.68. The lowest BCUT2D eigenvalue weighted by Crippen LogP contribution is -2.51. The van der Waals surface area contributed by atoms with Crippen LogP contribution < -0.4 is 0 Å². The Morgan fingerprint density at radius 2 is 1.78 bits per heavy atom. The fourth-order valence-corrected chi connectivity index (χ4v) is 4.22. The molecule has 3 rings (SSSR count). The number of nitriles is 1. The second-order valence-corrected chi connectivity index (χ2v) is 7.85. The molecule has 0 aromatic heterocycles. The summed E-state index contributed by atoms with van der Waals surface area (Å²) in [6.07, 6.45) is 3.00. The van der Waals surface area contributed by atoms with Crippen LogP contribution in [0.1, 0.15) is 31.2 Å². The van der Waals surface area contributed by atoms with Crippen molar-refractivity contribution in [3.8, 4) is 6.07 Å². The number of hydrogen-bond acceptors (Lipinski definition) is 3. The molecule has 1 aromatic rings. The third kappa shape index (κ3) is 3.92. The Balaban J connectivity index is 1.63. The first-order valence-electron chi connectivity index (χ1n) is 9.68. The fourth-order valence-electron chi connectivity index (χ4n) is 4.22. The molecule has 1 aromatic carbocycles. The summed E-state index contributed by atoms with van der Waals surface area (Å²) in [6, 6.07) is 12.4. The molecule has 2 aliphatic rings. The van der Waals surface area contributed by atoms with Crippen molar-refractivity contribution in [2.45, 2.75) is 31.1 Å². The van der Waals surface area contributed by atoms with Crippen LogP contribution in [0.4, 0.5) is 4.79 Å². The Bertz CT molecular complexity index is 717. The van der Waals surface area contributed by atoms with Crippen LogP contribution in [-0.4, -0.2) is 66.9 Å². The van der Waals surface area contributed by atoms with Gasteiger partial charge in [-0.2, -0.15) is 5.26 Å². The van der Waals surface area contributed by atoms with E-state index in [1.165, 1.54) is 0 Å². The topological polar surface area (TPSA) is 67.7 Å². The molecule has 0 spiro atoms. The van der Waals surface area contributed by atoms with Crippen LogP contribution in [-0.2, 0) is 10.2 Å². The molecule has 6 heteroatoms. The van der Waals surface area contributed by atoms with E-state index in [0.29, 0.717) is 39.0 Å². The van der Waals surface area contributed by atoms with E-state index in [1.54, 1.807) is 23.9 Å². The van der Waals surface area contributed by atoms with Gasteiger partial charge in [-0.1, -0.05) is 30.3 Å². The largest absolute Gasteiger partial charge is 0.342 e. The second-order valence-electron chi connectivity index (χ2n) is 7.85. The summed E-state index contributed by atoms with van der Waals surface area (Å²) >= 11 is 0. The fraction of sp³-hybridized carbons (Fsp3) is 0.571. The van der Waals surface area contributed by atoms with E-state index in [9.17, 15) is 14.9 Å². The first-order chi connectivity index (χ1) is 13.0. The standard InChI is InChI=1S/C21H28N4O2/c1-23(2)20(27)25-12-6-7-17(15-25)19(26)24-13-10-21(16-22,11-14-24)18-8-4-3-5-9-18/h3-5,8-9,17H,6-7,10-15H2,1-2H3/t17-/m0/s1. The van der Waals surface area contributed by atoms with Gasteiger partial charge in [-0.15, -0.1) is 0 Å². The second kappa shape index (κ2) is 7.99. The van der Waals surface area contributed by atoms with Crippen LogP contribution in [0.3, 0.4) is 0 Å². The highest BCUT2D eigenvalue weighted by atomic mass is 16.2. The number of carbonyl (C=O) groups excluding carboxylic acids is 2. The van der Waals surface area contributed by atoms with Gasteiger partial charge in [-0.25, -0.2) is 4.79 Å². The van der Waals surface area contributed by atoms with Crippen molar-refractivity contribution in [2.24, 2.45) is 5.92 Å². The summed E-state index contributed by atoms with van der Waals surface area (Å²) in [6.45, 7) is 2.40. The maximum atomic E-state index is 13.0. The Morgan fingerprint density at radius 3 is 2.37 bits per heavy atom. The van der Waals surface area contributed by atoms with Crippen LogP contribution in [0, 0.1) is 17.2 Å².